The van der Waals surface area contributed by atoms with Crippen molar-refractivity contribution in [2.45, 2.75) is 39.2 Å². The molecule has 1 N–H and O–H groups in total. The van der Waals surface area contributed by atoms with Gasteiger partial charge in [0.25, 0.3) is 0 Å². The second-order valence-electron chi connectivity index (χ2n) is 7.37. The first-order chi connectivity index (χ1) is 13.7. The lowest BCUT2D eigenvalue weighted by molar-refractivity contribution is 0.224. The van der Waals surface area contributed by atoms with Crippen LogP contribution < -0.4 is 5.32 Å². The number of guanidine groups is 1. The monoisotopic (exact) mass is 402 g/mol. The van der Waals surface area contributed by atoms with Gasteiger partial charge in [-0.15, -0.1) is 0 Å². The molecule has 154 valence electrons. The van der Waals surface area contributed by atoms with E-state index in [1.807, 2.05) is 17.9 Å². The van der Waals surface area contributed by atoms with E-state index < -0.39 is 0 Å². The summed E-state index contributed by atoms with van der Waals surface area (Å²) in [7, 11) is 1.99. The third-order valence-corrected chi connectivity index (χ3v) is 6.32. The Morgan fingerprint density at radius 1 is 1.39 bits per heavy atom. The fraction of sp³-hybridized carbons (Fsp3) is 0.619. The smallest absolute Gasteiger partial charge is 0.194 e. The van der Waals surface area contributed by atoms with E-state index in [0.29, 0.717) is 12.0 Å². The molecule has 7 heteroatoms. The number of rotatable bonds is 8. The van der Waals surface area contributed by atoms with Crippen LogP contribution in [-0.4, -0.2) is 64.8 Å². The van der Waals surface area contributed by atoms with Crippen LogP contribution in [0.1, 0.15) is 50.3 Å². The molecule has 0 radical (unpaired) electrons. The molecule has 28 heavy (non-hydrogen) atoms. The minimum atomic E-state index is 0.339. The molecule has 3 heterocycles. The normalized spacial score (nSPS) is 18.8. The summed E-state index contributed by atoms with van der Waals surface area (Å²) in [5, 5.41) is 12.3. The molecule has 0 amide bonds. The zero-order chi connectivity index (χ0) is 19.9. The summed E-state index contributed by atoms with van der Waals surface area (Å²) in [5.74, 6) is 1.58. The Bertz CT molecular complexity index is 734. The standard InChI is InChI=1S/C21H34N6S/c1-5-22-21(27-10-8-17(15-27)19-12-24-25(4)14-19)23-13-20(26(6-2)7-3)18-9-11-28-16-18/h9,11-12,14,16-17,20H,5-8,10,13,15H2,1-4H3,(H,22,23). The molecular formula is C21H34N6S. The van der Waals surface area contributed by atoms with Crippen LogP contribution in [-0.2, 0) is 7.05 Å². The topological polar surface area (TPSA) is 48.7 Å². The molecule has 2 atom stereocenters. The summed E-state index contributed by atoms with van der Waals surface area (Å²) >= 11 is 1.77. The number of thiophene rings is 1. The van der Waals surface area contributed by atoms with Gasteiger partial charge in [0.05, 0.1) is 18.8 Å². The first kappa shape index (κ1) is 20.9. The lowest BCUT2D eigenvalue weighted by Crippen LogP contribution is -2.41. The highest BCUT2D eigenvalue weighted by molar-refractivity contribution is 7.07. The van der Waals surface area contributed by atoms with Crippen LogP contribution >= 0.6 is 11.3 Å². The Kier molecular flexibility index (Phi) is 7.50. The second-order valence-corrected chi connectivity index (χ2v) is 8.15. The molecule has 0 aliphatic carbocycles. The van der Waals surface area contributed by atoms with Crippen molar-refractivity contribution in [3.05, 3.63) is 40.3 Å². The number of aryl methyl sites for hydroxylation is 1. The number of hydrogen-bond donors (Lipinski definition) is 1. The van der Waals surface area contributed by atoms with Gasteiger partial charge in [-0.2, -0.15) is 16.4 Å². The van der Waals surface area contributed by atoms with Crippen molar-refractivity contribution in [2.24, 2.45) is 12.0 Å². The maximum absolute atomic E-state index is 5.08. The maximum Gasteiger partial charge on any atom is 0.194 e. The molecule has 2 aromatic rings. The summed E-state index contributed by atoms with van der Waals surface area (Å²) < 4.78 is 1.90. The van der Waals surface area contributed by atoms with Gasteiger partial charge in [0.15, 0.2) is 5.96 Å². The Balaban J connectivity index is 1.72. The molecule has 0 bridgehead atoms. The maximum atomic E-state index is 5.08. The summed E-state index contributed by atoms with van der Waals surface area (Å²) in [6, 6.07) is 2.58. The highest BCUT2D eigenvalue weighted by Crippen LogP contribution is 2.27. The summed E-state index contributed by atoms with van der Waals surface area (Å²) in [6.45, 7) is 12.4. The quantitative estimate of drug-likeness (QED) is 0.544. The number of nitrogens with zero attached hydrogens (tertiary/aromatic N) is 5. The molecule has 0 saturated carbocycles. The summed E-state index contributed by atoms with van der Waals surface area (Å²) in [5.41, 5.74) is 2.71. The molecule has 1 aliphatic rings. The Labute approximate surface area is 173 Å². The van der Waals surface area contributed by atoms with Crippen molar-refractivity contribution in [1.82, 2.24) is 24.9 Å². The summed E-state index contributed by atoms with van der Waals surface area (Å²) in [6.07, 6.45) is 5.30. The third-order valence-electron chi connectivity index (χ3n) is 5.61. The van der Waals surface area contributed by atoms with Crippen molar-refractivity contribution >= 4 is 17.3 Å². The van der Waals surface area contributed by atoms with Crippen LogP contribution in [0.3, 0.4) is 0 Å². The van der Waals surface area contributed by atoms with Crippen molar-refractivity contribution < 1.29 is 0 Å². The number of hydrogen-bond acceptors (Lipinski definition) is 4. The van der Waals surface area contributed by atoms with Gasteiger partial charge >= 0.3 is 0 Å². The van der Waals surface area contributed by atoms with Gasteiger partial charge in [0.2, 0.25) is 0 Å². The number of nitrogens with one attached hydrogen (secondary N) is 1. The van der Waals surface area contributed by atoms with E-state index in [1.54, 1.807) is 11.3 Å². The van der Waals surface area contributed by atoms with E-state index in [-0.39, 0.29) is 0 Å². The zero-order valence-electron chi connectivity index (χ0n) is 17.6. The molecule has 0 aromatic carbocycles. The first-order valence-corrected chi connectivity index (χ1v) is 11.4. The number of likely N-dealkylation sites (N-methyl/N-ethyl adjacent to an activating group) is 1. The average Bonchev–Trinajstić information content (AvgIpc) is 3.45. The van der Waals surface area contributed by atoms with Gasteiger partial charge in [-0.3, -0.25) is 14.6 Å². The Morgan fingerprint density at radius 3 is 2.82 bits per heavy atom. The number of likely N-dealkylation sites (tertiary alicyclic amines) is 1. The fourth-order valence-electron chi connectivity index (χ4n) is 4.04. The molecule has 1 saturated heterocycles. The van der Waals surface area contributed by atoms with Crippen LogP contribution in [0.15, 0.2) is 34.2 Å². The lowest BCUT2D eigenvalue weighted by atomic mass is 10.0. The van der Waals surface area contributed by atoms with Gasteiger partial charge in [0.1, 0.15) is 0 Å². The molecule has 1 fully saturated rings. The third kappa shape index (κ3) is 4.94. The van der Waals surface area contributed by atoms with E-state index in [9.17, 15) is 0 Å². The van der Waals surface area contributed by atoms with Crippen molar-refractivity contribution in [2.75, 3.05) is 39.3 Å². The van der Waals surface area contributed by atoms with Crippen LogP contribution in [0.5, 0.6) is 0 Å². The second kappa shape index (κ2) is 10.1. The zero-order valence-corrected chi connectivity index (χ0v) is 18.5. The first-order valence-electron chi connectivity index (χ1n) is 10.4. The minimum Gasteiger partial charge on any atom is -0.357 e. The molecule has 0 spiro atoms. The van der Waals surface area contributed by atoms with Gasteiger partial charge in [-0.25, -0.2) is 0 Å². The number of aliphatic imine (C=N–C) groups is 1. The SMILES string of the molecule is CCNC(=NCC(c1ccsc1)N(CC)CC)N1CCC(c2cnn(C)c2)C1. The minimum absolute atomic E-state index is 0.339. The molecule has 1 aliphatic heterocycles. The molecule has 2 unspecified atom stereocenters. The highest BCUT2D eigenvalue weighted by atomic mass is 32.1. The number of aromatic nitrogens is 2. The Hall–Kier alpha value is -1.86. The van der Waals surface area contributed by atoms with Gasteiger partial charge in [0, 0.05) is 38.8 Å². The fourth-order valence-corrected chi connectivity index (χ4v) is 4.74. The van der Waals surface area contributed by atoms with E-state index >= 15 is 0 Å². The molecule has 3 rings (SSSR count). The highest BCUT2D eigenvalue weighted by Gasteiger charge is 2.27. The van der Waals surface area contributed by atoms with Crippen molar-refractivity contribution in [3.8, 4) is 0 Å². The van der Waals surface area contributed by atoms with Crippen molar-refractivity contribution in [1.29, 1.82) is 0 Å². The summed E-state index contributed by atoms with van der Waals surface area (Å²) in [4.78, 5) is 9.98. The van der Waals surface area contributed by atoms with E-state index in [2.05, 4.69) is 64.0 Å². The largest absolute Gasteiger partial charge is 0.357 e. The lowest BCUT2D eigenvalue weighted by Gasteiger charge is -2.29. The molecule has 2 aromatic heterocycles. The van der Waals surface area contributed by atoms with Crippen molar-refractivity contribution in [3.63, 3.8) is 0 Å². The van der Waals surface area contributed by atoms with Crippen LogP contribution in [0.25, 0.3) is 0 Å². The van der Waals surface area contributed by atoms with Gasteiger partial charge in [-0.1, -0.05) is 13.8 Å². The average molecular weight is 403 g/mol. The Morgan fingerprint density at radius 2 is 2.21 bits per heavy atom. The predicted molar refractivity (Wildman–Crippen MR) is 118 cm³/mol. The molecular weight excluding hydrogens is 368 g/mol. The van der Waals surface area contributed by atoms with E-state index in [4.69, 9.17) is 4.99 Å². The van der Waals surface area contributed by atoms with E-state index in [1.165, 1.54) is 11.1 Å². The predicted octanol–water partition coefficient (Wildman–Crippen LogP) is 3.32. The van der Waals surface area contributed by atoms with Crippen LogP contribution in [0.4, 0.5) is 0 Å². The van der Waals surface area contributed by atoms with Gasteiger partial charge < -0.3 is 10.2 Å². The van der Waals surface area contributed by atoms with Crippen LogP contribution in [0, 0.1) is 0 Å². The van der Waals surface area contributed by atoms with E-state index in [0.717, 1.165) is 51.6 Å². The van der Waals surface area contributed by atoms with Gasteiger partial charge in [-0.05, 0) is 54.4 Å². The molecule has 6 nitrogen and oxygen atoms in total. The van der Waals surface area contributed by atoms with Crippen LogP contribution in [0.2, 0.25) is 0 Å².